The first-order chi connectivity index (χ1) is 15.5. The van der Waals surface area contributed by atoms with Crippen LogP contribution >= 0.6 is 0 Å². The van der Waals surface area contributed by atoms with Gasteiger partial charge in [-0.25, -0.2) is 0 Å². The summed E-state index contributed by atoms with van der Waals surface area (Å²) in [7, 11) is 1.80. The number of hydrogen-bond donors (Lipinski definition) is 1. The third kappa shape index (κ3) is 3.91. The van der Waals surface area contributed by atoms with E-state index in [0.717, 1.165) is 38.8 Å². The summed E-state index contributed by atoms with van der Waals surface area (Å²) in [5.74, 6) is 0. The van der Waals surface area contributed by atoms with Crippen LogP contribution in [0.5, 0.6) is 0 Å². The zero-order valence-corrected chi connectivity index (χ0v) is 19.8. The van der Waals surface area contributed by atoms with Crippen molar-refractivity contribution < 1.29 is 9.47 Å². The highest BCUT2D eigenvalue weighted by atomic mass is 16.5. The van der Waals surface area contributed by atoms with Gasteiger partial charge in [0.15, 0.2) is 0 Å². The zero-order valence-electron chi connectivity index (χ0n) is 19.8. The molecule has 4 heterocycles. The van der Waals surface area contributed by atoms with Crippen molar-refractivity contribution in [3.05, 3.63) is 48.0 Å². The van der Waals surface area contributed by atoms with Gasteiger partial charge in [0.1, 0.15) is 0 Å². The fourth-order valence-electron chi connectivity index (χ4n) is 6.49. The highest BCUT2D eigenvalue weighted by Gasteiger charge is 2.48. The van der Waals surface area contributed by atoms with Gasteiger partial charge >= 0.3 is 0 Å². The van der Waals surface area contributed by atoms with Crippen molar-refractivity contribution in [2.75, 3.05) is 20.3 Å². The molecule has 0 radical (unpaired) electrons. The molecule has 6 nitrogen and oxygen atoms in total. The molecule has 6 heteroatoms. The zero-order chi connectivity index (χ0) is 22.2. The number of hydrogen-bond acceptors (Lipinski definition) is 5. The molecular formula is C26H38N4O2. The summed E-state index contributed by atoms with van der Waals surface area (Å²) in [6.07, 6.45) is 13.1. The maximum Gasteiger partial charge on any atom is 0.0846 e. The van der Waals surface area contributed by atoms with Crippen molar-refractivity contribution in [3.8, 4) is 0 Å². The van der Waals surface area contributed by atoms with Crippen molar-refractivity contribution in [1.82, 2.24) is 20.1 Å². The topological polar surface area (TPSA) is 61.2 Å². The molecule has 32 heavy (non-hydrogen) atoms. The van der Waals surface area contributed by atoms with E-state index in [1.165, 1.54) is 37.1 Å². The predicted molar refractivity (Wildman–Crippen MR) is 125 cm³/mol. The number of rotatable bonds is 7. The van der Waals surface area contributed by atoms with Crippen molar-refractivity contribution in [1.29, 1.82) is 0 Å². The molecule has 174 valence electrons. The Balaban J connectivity index is 1.32. The summed E-state index contributed by atoms with van der Waals surface area (Å²) in [5, 5.41) is 8.51. The summed E-state index contributed by atoms with van der Waals surface area (Å²) in [4.78, 5) is 4.85. The standard InChI is InChI=1S/C26H38N4O2/c1-24(2,31-3)23-18-20(21-9-15-29-30(21)23)27-16-12-25(22-8-4-7-14-28-22)13-17-32-26(19-25)10-5-6-11-26/h4,7-9,14-15,20,23,27H,5-6,10-13,16-19H2,1-3H3/t20?,23?,25-/m1/s1. The van der Waals surface area contributed by atoms with E-state index in [0.29, 0.717) is 6.04 Å². The molecular weight excluding hydrogens is 400 g/mol. The third-order valence-electron chi connectivity index (χ3n) is 8.51. The van der Waals surface area contributed by atoms with E-state index in [-0.39, 0.29) is 22.7 Å². The lowest BCUT2D eigenvalue weighted by molar-refractivity contribution is -0.104. The van der Waals surface area contributed by atoms with Gasteiger partial charge in [0.05, 0.1) is 29.0 Å². The van der Waals surface area contributed by atoms with Crippen LogP contribution in [0, 0.1) is 0 Å². The highest BCUT2D eigenvalue weighted by Crippen LogP contribution is 2.50. The minimum absolute atomic E-state index is 0.0648. The maximum atomic E-state index is 6.41. The lowest BCUT2D eigenvalue weighted by atomic mass is 9.68. The Morgan fingerprint density at radius 2 is 2.03 bits per heavy atom. The molecule has 5 rings (SSSR count). The lowest BCUT2D eigenvalue weighted by Gasteiger charge is -2.46. The average Bonchev–Trinajstić information content (AvgIpc) is 3.53. The Hall–Kier alpha value is -1.76. The number of nitrogens with one attached hydrogen (secondary N) is 1. The second-order valence-electron chi connectivity index (χ2n) is 10.7. The molecule has 0 amide bonds. The minimum atomic E-state index is -0.248. The van der Waals surface area contributed by atoms with E-state index in [1.807, 2.05) is 18.5 Å². The quantitative estimate of drug-likeness (QED) is 0.677. The van der Waals surface area contributed by atoms with Crippen LogP contribution < -0.4 is 5.32 Å². The van der Waals surface area contributed by atoms with E-state index in [2.05, 4.69) is 47.1 Å². The fraction of sp³-hybridized carbons (Fsp3) is 0.692. The molecule has 1 N–H and O–H groups in total. The molecule has 2 fully saturated rings. The largest absolute Gasteiger partial charge is 0.377 e. The molecule has 3 atom stereocenters. The molecule has 2 unspecified atom stereocenters. The van der Waals surface area contributed by atoms with Gasteiger partial charge in [-0.2, -0.15) is 5.10 Å². The molecule has 1 aliphatic carbocycles. The van der Waals surface area contributed by atoms with Crippen molar-refractivity contribution in [2.24, 2.45) is 0 Å². The van der Waals surface area contributed by atoms with Crippen molar-refractivity contribution in [2.45, 2.75) is 93.9 Å². The maximum absolute atomic E-state index is 6.41. The Bertz CT molecular complexity index is 906. The third-order valence-corrected chi connectivity index (χ3v) is 8.51. The van der Waals surface area contributed by atoms with Crippen molar-refractivity contribution in [3.63, 3.8) is 0 Å². The van der Waals surface area contributed by atoms with Crippen LogP contribution in [0.2, 0.25) is 0 Å². The molecule has 0 bridgehead atoms. The van der Waals surface area contributed by atoms with E-state index in [1.54, 1.807) is 7.11 Å². The fourth-order valence-corrected chi connectivity index (χ4v) is 6.49. The summed E-state index contributed by atoms with van der Waals surface area (Å²) >= 11 is 0. The lowest BCUT2D eigenvalue weighted by Crippen LogP contribution is -2.47. The summed E-state index contributed by atoms with van der Waals surface area (Å²) in [6, 6.07) is 9.09. The number of aromatic nitrogens is 3. The molecule has 1 saturated carbocycles. The van der Waals surface area contributed by atoms with Gasteiger partial charge in [0.2, 0.25) is 0 Å². The molecule has 2 aromatic rings. The Morgan fingerprint density at radius 1 is 1.19 bits per heavy atom. The van der Waals surface area contributed by atoms with Gasteiger partial charge in [-0.15, -0.1) is 0 Å². The van der Waals surface area contributed by atoms with E-state index in [9.17, 15) is 0 Å². The Kier molecular flexibility index (Phi) is 5.89. The van der Waals surface area contributed by atoms with Gasteiger partial charge in [0, 0.05) is 37.2 Å². The second-order valence-corrected chi connectivity index (χ2v) is 10.7. The molecule has 0 aromatic carbocycles. The SMILES string of the molecule is COC(C)(C)C1CC(NCC[C@@]2(c3ccccn3)CCOC3(CCCC3)C2)c2ccnn21. The van der Waals surface area contributed by atoms with Crippen LogP contribution in [0.15, 0.2) is 36.7 Å². The molecule has 1 spiro atoms. The van der Waals surface area contributed by atoms with Gasteiger partial charge < -0.3 is 14.8 Å². The molecule has 2 aromatic heterocycles. The van der Waals surface area contributed by atoms with Gasteiger partial charge in [-0.1, -0.05) is 18.9 Å². The monoisotopic (exact) mass is 438 g/mol. The van der Waals surface area contributed by atoms with Crippen molar-refractivity contribution >= 4 is 0 Å². The van der Waals surface area contributed by atoms with E-state index >= 15 is 0 Å². The molecule has 2 aliphatic heterocycles. The Labute approximate surface area is 192 Å². The van der Waals surface area contributed by atoms with Crippen LogP contribution in [-0.4, -0.2) is 46.2 Å². The summed E-state index contributed by atoms with van der Waals surface area (Å²) in [6.45, 7) is 6.12. The van der Waals surface area contributed by atoms with E-state index < -0.39 is 0 Å². The van der Waals surface area contributed by atoms with Crippen LogP contribution in [0.3, 0.4) is 0 Å². The normalized spacial score (nSPS) is 29.5. The first-order valence-electron chi connectivity index (χ1n) is 12.3. The highest BCUT2D eigenvalue weighted by molar-refractivity contribution is 5.21. The first-order valence-corrected chi connectivity index (χ1v) is 12.3. The smallest absolute Gasteiger partial charge is 0.0846 e. The summed E-state index contributed by atoms with van der Waals surface area (Å²) in [5.41, 5.74) is 2.41. The molecule has 3 aliphatic rings. The van der Waals surface area contributed by atoms with E-state index in [4.69, 9.17) is 14.5 Å². The first kappa shape index (κ1) is 22.1. The van der Waals surface area contributed by atoms with Gasteiger partial charge in [0.25, 0.3) is 0 Å². The number of methoxy groups -OCH3 is 1. The number of nitrogens with zero attached hydrogens (tertiary/aromatic N) is 3. The average molecular weight is 439 g/mol. The van der Waals surface area contributed by atoms with Crippen LogP contribution in [-0.2, 0) is 14.9 Å². The molecule has 1 saturated heterocycles. The van der Waals surface area contributed by atoms with Crippen LogP contribution in [0.1, 0.15) is 88.7 Å². The second kappa shape index (κ2) is 8.54. The summed E-state index contributed by atoms with van der Waals surface area (Å²) < 4.78 is 14.4. The van der Waals surface area contributed by atoms with Gasteiger partial charge in [-0.3, -0.25) is 9.67 Å². The van der Waals surface area contributed by atoms with Gasteiger partial charge in [-0.05, 0) is 77.1 Å². The van der Waals surface area contributed by atoms with Crippen LogP contribution in [0.25, 0.3) is 0 Å². The van der Waals surface area contributed by atoms with Crippen LogP contribution in [0.4, 0.5) is 0 Å². The predicted octanol–water partition coefficient (Wildman–Crippen LogP) is 4.73. The minimum Gasteiger partial charge on any atom is -0.377 e. The Morgan fingerprint density at radius 3 is 2.78 bits per heavy atom. The number of ether oxygens (including phenoxy) is 2. The number of pyridine rings is 1. The number of fused-ring (bicyclic) bond motifs is 1.